The van der Waals surface area contributed by atoms with E-state index in [1.807, 2.05) is 0 Å². The number of rotatable bonds is 4. The highest BCUT2D eigenvalue weighted by atomic mass is 32.2. The second-order valence-electron chi connectivity index (χ2n) is 4.50. The van der Waals surface area contributed by atoms with Crippen molar-refractivity contribution < 1.29 is 28.2 Å². The van der Waals surface area contributed by atoms with Crippen molar-refractivity contribution in [3.05, 3.63) is 24.3 Å². The molecule has 20 heavy (non-hydrogen) atoms. The van der Waals surface area contributed by atoms with Crippen LogP contribution in [0.15, 0.2) is 29.2 Å². The zero-order chi connectivity index (χ0) is 14.9. The maximum Gasteiger partial charge on any atom is 0.322 e. The van der Waals surface area contributed by atoms with E-state index in [1.165, 1.54) is 25.3 Å². The Morgan fingerprint density at radius 1 is 1.45 bits per heavy atom. The van der Waals surface area contributed by atoms with Crippen LogP contribution in [0.1, 0.15) is 6.42 Å². The summed E-state index contributed by atoms with van der Waals surface area (Å²) in [4.78, 5) is 11.1. The zero-order valence-corrected chi connectivity index (χ0v) is 11.6. The molecule has 7 nitrogen and oxygen atoms in total. The van der Waals surface area contributed by atoms with Crippen LogP contribution in [-0.4, -0.2) is 54.7 Å². The van der Waals surface area contributed by atoms with Crippen molar-refractivity contribution in [3.8, 4) is 5.75 Å². The molecule has 1 aromatic carbocycles. The van der Waals surface area contributed by atoms with E-state index in [1.54, 1.807) is 6.07 Å². The molecule has 0 amide bonds. The van der Waals surface area contributed by atoms with E-state index < -0.39 is 28.1 Å². The van der Waals surface area contributed by atoms with Crippen molar-refractivity contribution in [1.29, 1.82) is 0 Å². The summed E-state index contributed by atoms with van der Waals surface area (Å²) in [5.74, 6) is -0.911. The van der Waals surface area contributed by atoms with Gasteiger partial charge in [-0.2, -0.15) is 4.31 Å². The number of methoxy groups -OCH3 is 1. The summed E-state index contributed by atoms with van der Waals surface area (Å²) in [5, 5.41) is 18.6. The summed E-state index contributed by atoms with van der Waals surface area (Å²) in [6, 6.07) is 4.53. The summed E-state index contributed by atoms with van der Waals surface area (Å²) >= 11 is 0. The predicted octanol–water partition coefficient (Wildman–Crippen LogP) is -0.0963. The summed E-state index contributed by atoms with van der Waals surface area (Å²) in [6.07, 6.45) is -1.09. The molecule has 0 saturated carbocycles. The molecular weight excluding hydrogens is 286 g/mol. The molecule has 8 heteroatoms. The van der Waals surface area contributed by atoms with E-state index in [-0.39, 0.29) is 17.9 Å². The first kappa shape index (κ1) is 14.8. The average Bonchev–Trinajstić information content (AvgIpc) is 2.82. The number of sulfonamides is 1. The predicted molar refractivity (Wildman–Crippen MR) is 68.9 cm³/mol. The standard InChI is InChI=1S/C12H15NO6S/c1-19-9-3-2-4-10(6-9)20(17,18)13-7-8(14)5-11(13)12(15)16/h2-4,6,8,11,14H,5,7H2,1H3,(H,15,16)/t8-,11+/m1/s1. The summed E-state index contributed by atoms with van der Waals surface area (Å²) in [7, 11) is -2.58. The largest absolute Gasteiger partial charge is 0.497 e. The van der Waals surface area contributed by atoms with Gasteiger partial charge in [0, 0.05) is 19.0 Å². The van der Waals surface area contributed by atoms with Gasteiger partial charge >= 0.3 is 5.97 Å². The minimum atomic E-state index is -3.99. The fourth-order valence-corrected chi connectivity index (χ4v) is 3.84. The number of aliphatic hydroxyl groups excluding tert-OH is 1. The Kier molecular flexibility index (Phi) is 3.98. The van der Waals surface area contributed by atoms with Gasteiger partial charge in [0.05, 0.1) is 18.1 Å². The van der Waals surface area contributed by atoms with Crippen molar-refractivity contribution >= 4 is 16.0 Å². The maximum atomic E-state index is 12.5. The first-order valence-electron chi connectivity index (χ1n) is 5.93. The van der Waals surface area contributed by atoms with Crippen LogP contribution in [0.4, 0.5) is 0 Å². The summed E-state index contributed by atoms with van der Waals surface area (Å²) in [6.45, 7) is -0.226. The van der Waals surface area contributed by atoms with Gasteiger partial charge in [-0.05, 0) is 12.1 Å². The number of benzene rings is 1. The molecule has 0 spiro atoms. The van der Waals surface area contributed by atoms with Crippen molar-refractivity contribution in [2.24, 2.45) is 0 Å². The van der Waals surface area contributed by atoms with Crippen LogP contribution in [0.2, 0.25) is 0 Å². The molecule has 1 heterocycles. The van der Waals surface area contributed by atoms with Crippen LogP contribution < -0.4 is 4.74 Å². The third kappa shape index (κ3) is 2.62. The van der Waals surface area contributed by atoms with Crippen LogP contribution >= 0.6 is 0 Å². The number of ether oxygens (including phenoxy) is 1. The third-order valence-corrected chi connectivity index (χ3v) is 5.04. The number of carboxylic acids is 1. The van der Waals surface area contributed by atoms with Crippen molar-refractivity contribution in [2.45, 2.75) is 23.5 Å². The third-order valence-electron chi connectivity index (χ3n) is 3.17. The fourth-order valence-electron chi connectivity index (χ4n) is 2.17. The van der Waals surface area contributed by atoms with Crippen molar-refractivity contribution in [2.75, 3.05) is 13.7 Å². The highest BCUT2D eigenvalue weighted by Gasteiger charge is 2.43. The number of hydrogen-bond donors (Lipinski definition) is 2. The molecule has 2 atom stereocenters. The molecule has 2 rings (SSSR count). The first-order valence-corrected chi connectivity index (χ1v) is 7.37. The van der Waals surface area contributed by atoms with Gasteiger partial charge in [0.15, 0.2) is 0 Å². The van der Waals surface area contributed by atoms with Crippen LogP contribution in [0, 0.1) is 0 Å². The molecule has 1 saturated heterocycles. The van der Waals surface area contributed by atoms with Crippen LogP contribution in [0.25, 0.3) is 0 Å². The normalized spacial score (nSPS) is 23.7. The minimum absolute atomic E-state index is 0.0581. The summed E-state index contributed by atoms with van der Waals surface area (Å²) < 4.78 is 30.7. The Hall–Kier alpha value is -1.64. The van der Waals surface area contributed by atoms with E-state index in [9.17, 15) is 18.3 Å². The molecule has 0 aromatic heterocycles. The monoisotopic (exact) mass is 301 g/mol. The van der Waals surface area contributed by atoms with E-state index in [0.29, 0.717) is 5.75 Å². The lowest BCUT2D eigenvalue weighted by atomic mass is 10.2. The lowest BCUT2D eigenvalue weighted by molar-refractivity contribution is -0.140. The number of carboxylic acid groups (broad SMARTS) is 1. The highest BCUT2D eigenvalue weighted by Crippen LogP contribution is 2.28. The van der Waals surface area contributed by atoms with Crippen molar-refractivity contribution in [3.63, 3.8) is 0 Å². The van der Waals surface area contributed by atoms with Gasteiger partial charge in [0.1, 0.15) is 11.8 Å². The molecule has 1 aliphatic heterocycles. The Bertz CT molecular complexity index is 614. The molecule has 0 unspecified atom stereocenters. The van der Waals surface area contributed by atoms with Gasteiger partial charge in [-0.3, -0.25) is 4.79 Å². The molecule has 110 valence electrons. The Labute approximate surface area is 116 Å². The van der Waals surface area contributed by atoms with Crippen LogP contribution in [0.3, 0.4) is 0 Å². The molecule has 0 radical (unpaired) electrons. The SMILES string of the molecule is COc1cccc(S(=O)(=O)N2C[C@H](O)C[C@H]2C(=O)O)c1. The van der Waals surface area contributed by atoms with Gasteiger partial charge < -0.3 is 14.9 Å². The maximum absolute atomic E-state index is 12.5. The molecule has 1 aromatic rings. The van der Waals surface area contributed by atoms with Crippen molar-refractivity contribution in [1.82, 2.24) is 4.31 Å². The van der Waals surface area contributed by atoms with Gasteiger partial charge in [0.2, 0.25) is 10.0 Å². The quantitative estimate of drug-likeness (QED) is 0.805. The van der Waals surface area contributed by atoms with Gasteiger partial charge in [0.25, 0.3) is 0 Å². The zero-order valence-electron chi connectivity index (χ0n) is 10.8. The summed E-state index contributed by atoms with van der Waals surface area (Å²) in [5.41, 5.74) is 0. The van der Waals surface area contributed by atoms with Crippen LogP contribution in [0.5, 0.6) is 5.75 Å². The smallest absolute Gasteiger partial charge is 0.322 e. The first-order chi connectivity index (χ1) is 9.36. The number of nitrogens with zero attached hydrogens (tertiary/aromatic N) is 1. The number of aliphatic carboxylic acids is 1. The van der Waals surface area contributed by atoms with Gasteiger partial charge in [-0.1, -0.05) is 6.07 Å². The van der Waals surface area contributed by atoms with E-state index in [2.05, 4.69) is 0 Å². The Balaban J connectivity index is 2.40. The second kappa shape index (κ2) is 5.39. The minimum Gasteiger partial charge on any atom is -0.497 e. The number of aliphatic hydroxyl groups is 1. The molecule has 1 aliphatic rings. The van der Waals surface area contributed by atoms with Gasteiger partial charge in [-0.15, -0.1) is 0 Å². The lowest BCUT2D eigenvalue weighted by Crippen LogP contribution is -2.40. The lowest BCUT2D eigenvalue weighted by Gasteiger charge is -2.20. The van der Waals surface area contributed by atoms with Gasteiger partial charge in [-0.25, -0.2) is 8.42 Å². The fraction of sp³-hybridized carbons (Fsp3) is 0.417. The molecule has 2 N–H and O–H groups in total. The molecule has 1 fully saturated rings. The van der Waals surface area contributed by atoms with E-state index in [0.717, 1.165) is 4.31 Å². The molecule has 0 aliphatic carbocycles. The number of hydrogen-bond acceptors (Lipinski definition) is 5. The van der Waals surface area contributed by atoms with E-state index >= 15 is 0 Å². The Morgan fingerprint density at radius 3 is 2.75 bits per heavy atom. The Morgan fingerprint density at radius 2 is 2.15 bits per heavy atom. The highest BCUT2D eigenvalue weighted by molar-refractivity contribution is 7.89. The molecule has 0 bridgehead atoms. The second-order valence-corrected chi connectivity index (χ2v) is 6.39. The topological polar surface area (TPSA) is 104 Å². The number of β-amino-alcohol motifs (C(OH)–C–C–N with tert-alkyl or cyclic N) is 1. The number of carbonyl (C=O) groups is 1. The van der Waals surface area contributed by atoms with Crippen LogP contribution in [-0.2, 0) is 14.8 Å². The van der Waals surface area contributed by atoms with E-state index in [4.69, 9.17) is 9.84 Å². The molecular formula is C12H15NO6S. The average molecular weight is 301 g/mol.